The molecule has 0 radical (unpaired) electrons. The number of aromatic nitrogens is 1. The molecule has 0 aliphatic carbocycles. The number of H-pyrrole nitrogens is 1. The van der Waals surface area contributed by atoms with Crippen LogP contribution in [0, 0.1) is 12.7 Å². The maximum atomic E-state index is 13.3. The van der Waals surface area contributed by atoms with Gasteiger partial charge in [0.25, 0.3) is 0 Å². The van der Waals surface area contributed by atoms with Crippen LogP contribution in [-0.4, -0.2) is 22.1 Å². The van der Waals surface area contributed by atoms with Crippen LogP contribution in [0.1, 0.15) is 11.3 Å². The van der Waals surface area contributed by atoms with Gasteiger partial charge in [-0.2, -0.15) is 0 Å². The molecule has 1 heterocycles. The maximum absolute atomic E-state index is 13.3. The summed E-state index contributed by atoms with van der Waals surface area (Å²) in [6.45, 7) is 1.68. The van der Waals surface area contributed by atoms with Gasteiger partial charge in [0, 0.05) is 23.1 Å². The number of nitrogens with one attached hydrogen (secondary N) is 1. The lowest BCUT2D eigenvalue weighted by atomic mass is 10.1. The fourth-order valence-electron chi connectivity index (χ4n) is 1.81. The van der Waals surface area contributed by atoms with Crippen molar-refractivity contribution in [1.29, 1.82) is 0 Å². The summed E-state index contributed by atoms with van der Waals surface area (Å²) in [4.78, 5) is 13.6. The van der Waals surface area contributed by atoms with Crippen LogP contribution in [-0.2, 0) is 11.2 Å². The molecule has 1 aromatic carbocycles. The predicted molar refractivity (Wildman–Crippen MR) is 62.3 cm³/mol. The Kier molecular flexibility index (Phi) is 2.85. The Morgan fingerprint density at radius 3 is 2.94 bits per heavy atom. The molecule has 5 heteroatoms. The standard InChI is InChI=1S/C12H13FN2O2/c1-6-9(13)3-2-7-4-8(15-11(6)7)5-10(14)12(16)17/h2-4,10,15H,5,14H2,1H3,(H,16,17). The van der Waals surface area contributed by atoms with Crippen LogP contribution in [0.15, 0.2) is 18.2 Å². The van der Waals surface area contributed by atoms with Gasteiger partial charge in [-0.1, -0.05) is 0 Å². The number of carboxylic acids is 1. The number of aryl methyl sites for hydroxylation is 1. The van der Waals surface area contributed by atoms with Gasteiger partial charge in [0.2, 0.25) is 0 Å². The Morgan fingerprint density at radius 1 is 1.59 bits per heavy atom. The van der Waals surface area contributed by atoms with E-state index in [2.05, 4.69) is 4.98 Å². The highest BCUT2D eigenvalue weighted by Gasteiger charge is 2.14. The SMILES string of the molecule is Cc1c(F)ccc2cc(CC(N)C(=O)O)[nH]c12. The van der Waals surface area contributed by atoms with E-state index in [9.17, 15) is 9.18 Å². The van der Waals surface area contributed by atoms with Crippen LogP contribution < -0.4 is 5.73 Å². The second-order valence-electron chi connectivity index (χ2n) is 4.08. The zero-order chi connectivity index (χ0) is 12.6. The molecular formula is C12H13FN2O2. The molecule has 0 saturated carbocycles. The largest absolute Gasteiger partial charge is 0.480 e. The third-order valence-corrected chi connectivity index (χ3v) is 2.80. The van der Waals surface area contributed by atoms with Crippen molar-refractivity contribution in [1.82, 2.24) is 4.98 Å². The third-order valence-electron chi connectivity index (χ3n) is 2.80. The molecule has 2 aromatic rings. The summed E-state index contributed by atoms with van der Waals surface area (Å²) in [6, 6.07) is 3.90. The third kappa shape index (κ3) is 2.14. The first kappa shape index (κ1) is 11.6. The van der Waals surface area contributed by atoms with Crippen molar-refractivity contribution >= 4 is 16.9 Å². The van der Waals surface area contributed by atoms with Gasteiger partial charge < -0.3 is 15.8 Å². The van der Waals surface area contributed by atoms with Crippen LogP contribution in [0.3, 0.4) is 0 Å². The number of halogens is 1. The molecular weight excluding hydrogens is 223 g/mol. The summed E-state index contributed by atoms with van der Waals surface area (Å²) in [7, 11) is 0. The normalized spacial score (nSPS) is 12.9. The summed E-state index contributed by atoms with van der Waals surface area (Å²) in [5, 5.41) is 9.58. The average molecular weight is 236 g/mol. The molecule has 0 bridgehead atoms. The number of rotatable bonds is 3. The first-order valence-electron chi connectivity index (χ1n) is 5.24. The van der Waals surface area contributed by atoms with Gasteiger partial charge in [0.05, 0.1) is 5.52 Å². The number of carbonyl (C=O) groups is 1. The van der Waals surface area contributed by atoms with E-state index in [-0.39, 0.29) is 12.2 Å². The quantitative estimate of drug-likeness (QED) is 0.756. The molecule has 2 rings (SSSR count). The lowest BCUT2D eigenvalue weighted by Crippen LogP contribution is -2.32. The second-order valence-corrected chi connectivity index (χ2v) is 4.08. The minimum absolute atomic E-state index is 0.199. The minimum Gasteiger partial charge on any atom is -0.480 e. The molecule has 1 atom stereocenters. The van der Waals surface area contributed by atoms with Crippen molar-refractivity contribution in [2.75, 3.05) is 0 Å². The van der Waals surface area contributed by atoms with E-state index in [1.807, 2.05) is 0 Å². The minimum atomic E-state index is -1.05. The summed E-state index contributed by atoms with van der Waals surface area (Å²) in [6.07, 6.45) is 0.199. The van der Waals surface area contributed by atoms with Crippen molar-refractivity contribution in [3.63, 3.8) is 0 Å². The molecule has 0 spiro atoms. The first-order valence-corrected chi connectivity index (χ1v) is 5.24. The molecule has 0 aliphatic heterocycles. The second kappa shape index (κ2) is 4.18. The highest BCUT2D eigenvalue weighted by molar-refractivity contribution is 5.84. The average Bonchev–Trinajstić information content (AvgIpc) is 2.67. The van der Waals surface area contributed by atoms with Crippen molar-refractivity contribution in [2.45, 2.75) is 19.4 Å². The van der Waals surface area contributed by atoms with Crippen molar-refractivity contribution in [3.8, 4) is 0 Å². The topological polar surface area (TPSA) is 79.1 Å². The molecule has 4 nitrogen and oxygen atoms in total. The molecule has 1 aromatic heterocycles. The number of hydrogen-bond acceptors (Lipinski definition) is 2. The predicted octanol–water partition coefficient (Wildman–Crippen LogP) is 1.57. The molecule has 0 fully saturated rings. The summed E-state index contributed by atoms with van der Waals surface area (Å²) in [5.74, 6) is -1.33. The van der Waals surface area contributed by atoms with Crippen molar-refractivity contribution in [3.05, 3.63) is 35.3 Å². The zero-order valence-corrected chi connectivity index (χ0v) is 9.33. The van der Waals surface area contributed by atoms with Gasteiger partial charge in [-0.3, -0.25) is 4.79 Å². The molecule has 4 N–H and O–H groups in total. The Hall–Kier alpha value is -1.88. The molecule has 17 heavy (non-hydrogen) atoms. The summed E-state index contributed by atoms with van der Waals surface area (Å²) < 4.78 is 13.3. The Labute approximate surface area is 97.2 Å². The van der Waals surface area contributed by atoms with E-state index < -0.39 is 12.0 Å². The Bertz CT molecular complexity index is 577. The Morgan fingerprint density at radius 2 is 2.29 bits per heavy atom. The fourth-order valence-corrected chi connectivity index (χ4v) is 1.81. The van der Waals surface area contributed by atoms with E-state index in [1.54, 1.807) is 19.1 Å². The van der Waals surface area contributed by atoms with Crippen LogP contribution in [0.2, 0.25) is 0 Å². The number of hydrogen-bond donors (Lipinski definition) is 3. The van der Waals surface area contributed by atoms with Crippen LogP contribution in [0.4, 0.5) is 4.39 Å². The number of carboxylic acid groups (broad SMARTS) is 1. The zero-order valence-electron chi connectivity index (χ0n) is 9.33. The monoisotopic (exact) mass is 236 g/mol. The van der Waals surface area contributed by atoms with Gasteiger partial charge in [-0.15, -0.1) is 0 Å². The van der Waals surface area contributed by atoms with Crippen molar-refractivity contribution in [2.24, 2.45) is 5.73 Å². The number of nitrogens with two attached hydrogens (primary N) is 1. The lowest BCUT2D eigenvalue weighted by molar-refractivity contribution is -0.138. The Balaban J connectivity index is 2.38. The fraction of sp³-hybridized carbons (Fsp3) is 0.250. The van der Waals surface area contributed by atoms with E-state index in [4.69, 9.17) is 10.8 Å². The maximum Gasteiger partial charge on any atom is 0.320 e. The molecule has 0 aliphatic rings. The van der Waals surface area contributed by atoms with Crippen LogP contribution >= 0.6 is 0 Å². The van der Waals surface area contributed by atoms with E-state index >= 15 is 0 Å². The highest BCUT2D eigenvalue weighted by atomic mass is 19.1. The van der Waals surface area contributed by atoms with Crippen LogP contribution in [0.25, 0.3) is 10.9 Å². The number of aliphatic carboxylic acids is 1. The number of fused-ring (bicyclic) bond motifs is 1. The van der Waals surface area contributed by atoms with E-state index in [0.29, 0.717) is 16.8 Å². The van der Waals surface area contributed by atoms with Gasteiger partial charge in [0.15, 0.2) is 0 Å². The van der Waals surface area contributed by atoms with E-state index in [0.717, 1.165) is 5.39 Å². The lowest BCUT2D eigenvalue weighted by Gasteiger charge is -2.03. The molecule has 1 unspecified atom stereocenters. The van der Waals surface area contributed by atoms with E-state index in [1.165, 1.54) is 6.07 Å². The first-order chi connectivity index (χ1) is 7.99. The molecule has 0 saturated heterocycles. The van der Waals surface area contributed by atoms with Crippen LogP contribution in [0.5, 0.6) is 0 Å². The summed E-state index contributed by atoms with van der Waals surface area (Å²) in [5.41, 5.74) is 7.36. The van der Waals surface area contributed by atoms with Crippen molar-refractivity contribution < 1.29 is 14.3 Å². The number of benzene rings is 1. The highest BCUT2D eigenvalue weighted by Crippen LogP contribution is 2.21. The molecule has 90 valence electrons. The smallest absolute Gasteiger partial charge is 0.320 e. The molecule has 0 amide bonds. The number of aromatic amines is 1. The van der Waals surface area contributed by atoms with Gasteiger partial charge in [0.1, 0.15) is 11.9 Å². The van der Waals surface area contributed by atoms with Gasteiger partial charge >= 0.3 is 5.97 Å². The van der Waals surface area contributed by atoms with Gasteiger partial charge in [-0.25, -0.2) is 4.39 Å². The van der Waals surface area contributed by atoms with Gasteiger partial charge in [-0.05, 0) is 25.1 Å². The summed E-state index contributed by atoms with van der Waals surface area (Å²) >= 11 is 0.